The normalized spacial score (nSPS) is 23.7. The van der Waals surface area contributed by atoms with E-state index in [0.717, 1.165) is 23.0 Å². The molecule has 0 spiro atoms. The van der Waals surface area contributed by atoms with Crippen LogP contribution < -0.4 is 5.32 Å². The third-order valence-electron chi connectivity index (χ3n) is 2.64. The zero-order valence-corrected chi connectivity index (χ0v) is 12.6. The lowest BCUT2D eigenvalue weighted by Gasteiger charge is -2.28. The number of amides is 1. The lowest BCUT2D eigenvalue weighted by atomic mass is 10.1. The minimum absolute atomic E-state index is 0.141. The van der Waals surface area contributed by atoms with Crippen LogP contribution in [0.25, 0.3) is 0 Å². The third-order valence-corrected chi connectivity index (χ3v) is 4.50. The predicted molar refractivity (Wildman–Crippen MR) is 77.0 cm³/mol. The van der Waals surface area contributed by atoms with Gasteiger partial charge in [0.15, 0.2) is 6.10 Å². The summed E-state index contributed by atoms with van der Waals surface area (Å²) in [6, 6.07) is -0.452. The Bertz CT molecular complexity index is 258. The zero-order chi connectivity index (χ0) is 13.4. The number of ether oxygens (including phenoxy) is 1. The number of nitrogens with one attached hydrogen (secondary N) is 1. The minimum atomic E-state index is -0.591. The number of rotatable bonds is 8. The van der Waals surface area contributed by atoms with Crippen LogP contribution in [0.3, 0.4) is 0 Å². The Morgan fingerprint density at radius 2 is 1.72 bits per heavy atom. The van der Waals surface area contributed by atoms with Gasteiger partial charge in [0.1, 0.15) is 6.04 Å². The molecule has 0 saturated carbocycles. The molecule has 0 radical (unpaired) electrons. The Morgan fingerprint density at radius 3 is 2.33 bits per heavy atom. The van der Waals surface area contributed by atoms with Gasteiger partial charge in [0.25, 0.3) is 5.91 Å². The number of thioether (sulfide) groups is 2. The summed E-state index contributed by atoms with van der Waals surface area (Å²) < 4.78 is 5.21. The molecule has 1 heterocycles. The Labute approximate surface area is 117 Å². The molecule has 2 unspecified atom stereocenters. The van der Waals surface area contributed by atoms with Crippen molar-refractivity contribution in [1.82, 2.24) is 5.32 Å². The van der Waals surface area contributed by atoms with Gasteiger partial charge in [0.05, 0.1) is 0 Å². The number of cyclic esters (lactones) is 1. The SMILES string of the molecule is CCSCCC1NC(=O)C(CCSCC)OC1=O. The fraction of sp³-hybridized carbons (Fsp3) is 0.833. The van der Waals surface area contributed by atoms with Crippen LogP contribution in [0.4, 0.5) is 0 Å². The van der Waals surface area contributed by atoms with E-state index in [1.807, 2.05) is 0 Å². The molecule has 18 heavy (non-hydrogen) atoms. The number of carbonyl (C=O) groups excluding carboxylic acids is 2. The largest absolute Gasteiger partial charge is 0.451 e. The predicted octanol–water partition coefficient (Wildman–Crippen LogP) is 1.68. The van der Waals surface area contributed by atoms with Gasteiger partial charge in [0.2, 0.25) is 0 Å². The highest BCUT2D eigenvalue weighted by Gasteiger charge is 2.34. The number of carbonyl (C=O) groups is 2. The molecule has 1 fully saturated rings. The van der Waals surface area contributed by atoms with Crippen LogP contribution in [0.1, 0.15) is 26.7 Å². The maximum atomic E-state index is 11.8. The molecule has 0 aliphatic carbocycles. The highest BCUT2D eigenvalue weighted by atomic mass is 32.2. The van der Waals surface area contributed by atoms with E-state index < -0.39 is 12.1 Å². The van der Waals surface area contributed by atoms with Gasteiger partial charge < -0.3 is 10.1 Å². The van der Waals surface area contributed by atoms with Crippen molar-refractivity contribution in [2.24, 2.45) is 0 Å². The fourth-order valence-electron chi connectivity index (χ4n) is 1.66. The van der Waals surface area contributed by atoms with E-state index in [9.17, 15) is 9.59 Å². The van der Waals surface area contributed by atoms with Crippen LogP contribution in [0.2, 0.25) is 0 Å². The van der Waals surface area contributed by atoms with E-state index in [2.05, 4.69) is 19.2 Å². The molecule has 1 N–H and O–H groups in total. The highest BCUT2D eigenvalue weighted by Crippen LogP contribution is 2.15. The second-order valence-electron chi connectivity index (χ2n) is 3.96. The molecule has 1 aliphatic heterocycles. The van der Waals surface area contributed by atoms with Gasteiger partial charge in [0, 0.05) is 6.42 Å². The van der Waals surface area contributed by atoms with E-state index in [-0.39, 0.29) is 11.9 Å². The second-order valence-corrected chi connectivity index (χ2v) is 6.75. The molecule has 6 heteroatoms. The van der Waals surface area contributed by atoms with Crippen molar-refractivity contribution in [2.75, 3.05) is 23.0 Å². The molecular formula is C12H21NO3S2. The Kier molecular flexibility index (Phi) is 7.58. The minimum Gasteiger partial charge on any atom is -0.451 e. The zero-order valence-electron chi connectivity index (χ0n) is 10.9. The highest BCUT2D eigenvalue weighted by molar-refractivity contribution is 7.99. The summed E-state index contributed by atoms with van der Waals surface area (Å²) in [5.41, 5.74) is 0. The molecule has 0 aromatic carbocycles. The first-order valence-electron chi connectivity index (χ1n) is 6.35. The molecule has 1 amide bonds. The maximum Gasteiger partial charge on any atom is 0.329 e. The van der Waals surface area contributed by atoms with Crippen LogP contribution in [-0.4, -0.2) is 47.0 Å². The van der Waals surface area contributed by atoms with Crippen molar-refractivity contribution < 1.29 is 14.3 Å². The first-order chi connectivity index (χ1) is 8.69. The summed E-state index contributed by atoms with van der Waals surface area (Å²) in [4.78, 5) is 23.5. The summed E-state index contributed by atoms with van der Waals surface area (Å²) >= 11 is 3.51. The summed E-state index contributed by atoms with van der Waals surface area (Å²) in [5.74, 6) is 3.33. The fourth-order valence-corrected chi connectivity index (χ4v) is 3.02. The Morgan fingerprint density at radius 1 is 1.11 bits per heavy atom. The first kappa shape index (κ1) is 15.7. The standard InChI is InChI=1S/C12H21NO3S2/c1-3-17-7-5-9-12(15)16-10(11(14)13-9)6-8-18-4-2/h9-10H,3-8H2,1-2H3,(H,13,14). The quantitative estimate of drug-likeness (QED) is 0.545. The van der Waals surface area contributed by atoms with Crippen LogP contribution in [-0.2, 0) is 14.3 Å². The van der Waals surface area contributed by atoms with Gasteiger partial charge in [-0.15, -0.1) is 0 Å². The number of hydrogen-bond donors (Lipinski definition) is 1. The molecule has 0 bridgehead atoms. The van der Waals surface area contributed by atoms with Crippen molar-refractivity contribution in [3.63, 3.8) is 0 Å². The topological polar surface area (TPSA) is 55.4 Å². The molecule has 1 aliphatic rings. The molecule has 4 nitrogen and oxygen atoms in total. The molecule has 0 aromatic heterocycles. The van der Waals surface area contributed by atoms with E-state index in [1.165, 1.54) is 0 Å². The first-order valence-corrected chi connectivity index (χ1v) is 8.66. The summed E-state index contributed by atoms with van der Waals surface area (Å²) in [6.45, 7) is 4.14. The van der Waals surface area contributed by atoms with Gasteiger partial charge in [-0.1, -0.05) is 13.8 Å². The molecule has 1 rings (SSSR count). The van der Waals surface area contributed by atoms with E-state index >= 15 is 0 Å². The lowest BCUT2D eigenvalue weighted by Crippen LogP contribution is -2.54. The summed E-state index contributed by atoms with van der Waals surface area (Å²) in [7, 11) is 0. The number of morpholine rings is 1. The van der Waals surface area contributed by atoms with Crippen molar-refractivity contribution >= 4 is 35.4 Å². The van der Waals surface area contributed by atoms with Gasteiger partial charge in [-0.25, -0.2) is 4.79 Å². The summed E-state index contributed by atoms with van der Waals surface area (Å²) in [5, 5.41) is 2.77. The van der Waals surface area contributed by atoms with Crippen molar-refractivity contribution in [1.29, 1.82) is 0 Å². The van der Waals surface area contributed by atoms with Crippen LogP contribution >= 0.6 is 23.5 Å². The molecule has 2 atom stereocenters. The van der Waals surface area contributed by atoms with E-state index in [4.69, 9.17) is 4.74 Å². The smallest absolute Gasteiger partial charge is 0.329 e. The Hall–Kier alpha value is -0.360. The number of esters is 1. The van der Waals surface area contributed by atoms with Gasteiger partial charge >= 0.3 is 5.97 Å². The lowest BCUT2D eigenvalue weighted by molar-refractivity contribution is -0.165. The van der Waals surface area contributed by atoms with Gasteiger partial charge in [-0.2, -0.15) is 23.5 Å². The monoisotopic (exact) mass is 291 g/mol. The summed E-state index contributed by atoms with van der Waals surface area (Å²) in [6.07, 6.45) is 0.665. The van der Waals surface area contributed by atoms with Crippen LogP contribution in [0, 0.1) is 0 Å². The average Bonchev–Trinajstić information content (AvgIpc) is 2.35. The van der Waals surface area contributed by atoms with Gasteiger partial charge in [-0.05, 0) is 29.4 Å². The van der Waals surface area contributed by atoms with E-state index in [0.29, 0.717) is 12.8 Å². The third kappa shape index (κ3) is 5.10. The maximum absolute atomic E-state index is 11.8. The molecule has 0 aromatic rings. The average molecular weight is 291 g/mol. The molecule has 1 saturated heterocycles. The van der Waals surface area contributed by atoms with Crippen LogP contribution in [0.15, 0.2) is 0 Å². The van der Waals surface area contributed by atoms with Crippen LogP contribution in [0.5, 0.6) is 0 Å². The van der Waals surface area contributed by atoms with Crippen molar-refractivity contribution in [2.45, 2.75) is 38.8 Å². The van der Waals surface area contributed by atoms with Crippen molar-refractivity contribution in [3.05, 3.63) is 0 Å². The van der Waals surface area contributed by atoms with E-state index in [1.54, 1.807) is 23.5 Å². The second kappa shape index (κ2) is 8.69. The number of hydrogen-bond acceptors (Lipinski definition) is 5. The van der Waals surface area contributed by atoms with Crippen molar-refractivity contribution in [3.8, 4) is 0 Å². The molecule has 104 valence electrons. The van der Waals surface area contributed by atoms with Gasteiger partial charge in [-0.3, -0.25) is 4.79 Å². The molecular weight excluding hydrogens is 270 g/mol. The Balaban J connectivity index is 2.34.